The van der Waals surface area contributed by atoms with Gasteiger partial charge in [0.1, 0.15) is 11.6 Å². The van der Waals surface area contributed by atoms with E-state index in [9.17, 15) is 0 Å². The van der Waals surface area contributed by atoms with E-state index in [2.05, 4.69) is 30.2 Å². The summed E-state index contributed by atoms with van der Waals surface area (Å²) in [6.45, 7) is 3.75. The summed E-state index contributed by atoms with van der Waals surface area (Å²) in [5, 5.41) is 6.02. The summed E-state index contributed by atoms with van der Waals surface area (Å²) in [6.07, 6.45) is 6.32. The minimum atomic E-state index is 0.283. The largest absolute Gasteiger partial charge is 0.340 e. The molecule has 3 aromatic rings. The van der Waals surface area contributed by atoms with Gasteiger partial charge in [0.2, 0.25) is 5.95 Å². The fourth-order valence-electron chi connectivity index (χ4n) is 2.84. The molecule has 1 atom stereocenters. The highest BCUT2D eigenvalue weighted by atomic mass is 32.1. The van der Waals surface area contributed by atoms with E-state index in [0.717, 1.165) is 47.9 Å². The van der Waals surface area contributed by atoms with Gasteiger partial charge in [-0.2, -0.15) is 0 Å². The quantitative estimate of drug-likeness (QED) is 0.783. The van der Waals surface area contributed by atoms with Gasteiger partial charge in [0, 0.05) is 54.7 Å². The molecule has 0 amide bonds. The minimum Gasteiger partial charge on any atom is -0.340 e. The molecule has 122 valence electrons. The molecule has 3 aromatic heterocycles. The predicted molar refractivity (Wildman–Crippen MR) is 93.8 cm³/mol. The van der Waals surface area contributed by atoms with Crippen LogP contribution in [0.2, 0.25) is 0 Å². The molecule has 4 rings (SSSR count). The Balaban J connectivity index is 1.53. The summed E-state index contributed by atoms with van der Waals surface area (Å²) in [5.74, 6) is 2.72. The van der Waals surface area contributed by atoms with E-state index in [1.807, 2.05) is 24.4 Å². The average Bonchev–Trinajstić information content (AvgIpc) is 3.27. The lowest BCUT2D eigenvalue weighted by molar-refractivity contribution is 0.704. The van der Waals surface area contributed by atoms with Gasteiger partial charge in [-0.3, -0.25) is 0 Å². The Morgan fingerprint density at radius 3 is 2.83 bits per heavy atom. The summed E-state index contributed by atoms with van der Waals surface area (Å²) >= 11 is 1.55. The second-order valence-electron chi connectivity index (χ2n) is 5.70. The van der Waals surface area contributed by atoms with Gasteiger partial charge in [0.05, 0.1) is 0 Å². The molecule has 24 heavy (non-hydrogen) atoms. The van der Waals surface area contributed by atoms with Crippen molar-refractivity contribution in [2.24, 2.45) is 0 Å². The lowest BCUT2D eigenvalue weighted by Crippen LogP contribution is -2.22. The molecule has 1 saturated heterocycles. The number of rotatable bonds is 4. The van der Waals surface area contributed by atoms with E-state index in [1.54, 1.807) is 29.9 Å². The second kappa shape index (κ2) is 6.48. The van der Waals surface area contributed by atoms with Gasteiger partial charge >= 0.3 is 0 Å². The first kappa shape index (κ1) is 14.9. The Morgan fingerprint density at radius 2 is 2.04 bits per heavy atom. The third kappa shape index (κ3) is 3.18. The molecule has 0 spiro atoms. The molecule has 4 heterocycles. The van der Waals surface area contributed by atoms with Crippen LogP contribution in [0, 0.1) is 6.92 Å². The molecule has 1 aliphatic heterocycles. The molecular formula is C16H17N7S. The number of thiazole rings is 1. The maximum absolute atomic E-state index is 4.70. The van der Waals surface area contributed by atoms with Crippen LogP contribution in [0.5, 0.6) is 0 Å². The van der Waals surface area contributed by atoms with Crippen molar-refractivity contribution in [3.8, 4) is 0 Å². The Hall–Kier alpha value is -2.61. The Morgan fingerprint density at radius 1 is 1.17 bits per heavy atom. The summed E-state index contributed by atoms with van der Waals surface area (Å²) in [5.41, 5.74) is 0.952. The van der Waals surface area contributed by atoms with Crippen LogP contribution in [-0.2, 0) is 0 Å². The maximum atomic E-state index is 4.70. The van der Waals surface area contributed by atoms with Crippen molar-refractivity contribution in [3.05, 3.63) is 47.6 Å². The van der Waals surface area contributed by atoms with E-state index in [-0.39, 0.29) is 5.92 Å². The van der Waals surface area contributed by atoms with E-state index < -0.39 is 0 Å². The standard InChI is InChI=1S/C16H17N7S/c1-11-9-13(22-16-19-6-8-24-16)21-14(20-11)12-3-7-23(10-12)15-17-4-2-5-18-15/h2,4-6,8-9,12H,3,7,10H2,1H3,(H,19,20,21,22). The summed E-state index contributed by atoms with van der Waals surface area (Å²) in [7, 11) is 0. The first-order chi connectivity index (χ1) is 11.8. The number of nitrogens with one attached hydrogen (secondary N) is 1. The highest BCUT2D eigenvalue weighted by molar-refractivity contribution is 7.13. The normalized spacial score (nSPS) is 17.2. The number of aryl methyl sites for hydroxylation is 1. The maximum Gasteiger partial charge on any atom is 0.225 e. The van der Waals surface area contributed by atoms with Gasteiger partial charge in [0.25, 0.3) is 0 Å². The fourth-order valence-corrected chi connectivity index (χ4v) is 3.38. The van der Waals surface area contributed by atoms with Crippen LogP contribution in [0.25, 0.3) is 0 Å². The van der Waals surface area contributed by atoms with Crippen LogP contribution in [0.15, 0.2) is 36.1 Å². The van der Waals surface area contributed by atoms with Crippen molar-refractivity contribution in [2.45, 2.75) is 19.3 Å². The monoisotopic (exact) mass is 339 g/mol. The zero-order valence-corrected chi connectivity index (χ0v) is 14.1. The van der Waals surface area contributed by atoms with Gasteiger partial charge in [-0.15, -0.1) is 11.3 Å². The summed E-state index contributed by atoms with van der Waals surface area (Å²) < 4.78 is 0. The van der Waals surface area contributed by atoms with E-state index in [0.29, 0.717) is 0 Å². The van der Waals surface area contributed by atoms with Crippen molar-refractivity contribution in [2.75, 3.05) is 23.3 Å². The molecule has 0 aliphatic carbocycles. The van der Waals surface area contributed by atoms with Crippen molar-refractivity contribution in [1.82, 2.24) is 24.9 Å². The average molecular weight is 339 g/mol. The van der Waals surface area contributed by atoms with Gasteiger partial charge in [-0.05, 0) is 19.4 Å². The zero-order chi connectivity index (χ0) is 16.4. The van der Waals surface area contributed by atoms with Crippen molar-refractivity contribution in [3.63, 3.8) is 0 Å². The first-order valence-electron chi connectivity index (χ1n) is 7.82. The molecule has 0 bridgehead atoms. The third-order valence-corrected chi connectivity index (χ3v) is 4.62. The molecule has 0 aromatic carbocycles. The Labute approximate surface area is 143 Å². The second-order valence-corrected chi connectivity index (χ2v) is 6.59. The van der Waals surface area contributed by atoms with Crippen LogP contribution in [-0.4, -0.2) is 38.0 Å². The van der Waals surface area contributed by atoms with Gasteiger partial charge < -0.3 is 10.2 Å². The third-order valence-electron chi connectivity index (χ3n) is 3.93. The molecule has 8 heteroatoms. The van der Waals surface area contributed by atoms with Crippen LogP contribution in [0.1, 0.15) is 23.9 Å². The molecule has 1 fully saturated rings. The number of anilines is 3. The van der Waals surface area contributed by atoms with Gasteiger partial charge in [-0.25, -0.2) is 24.9 Å². The van der Waals surface area contributed by atoms with Crippen molar-refractivity contribution < 1.29 is 0 Å². The van der Waals surface area contributed by atoms with Gasteiger partial charge in [0.15, 0.2) is 5.13 Å². The topological polar surface area (TPSA) is 79.7 Å². The number of hydrogen-bond acceptors (Lipinski definition) is 8. The molecule has 7 nitrogen and oxygen atoms in total. The van der Waals surface area contributed by atoms with E-state index >= 15 is 0 Å². The predicted octanol–water partition coefficient (Wildman–Crippen LogP) is 2.77. The number of nitrogens with zero attached hydrogens (tertiary/aromatic N) is 6. The van der Waals surface area contributed by atoms with Crippen LogP contribution in [0.4, 0.5) is 16.9 Å². The van der Waals surface area contributed by atoms with E-state index in [4.69, 9.17) is 4.98 Å². The molecule has 1 N–H and O–H groups in total. The van der Waals surface area contributed by atoms with Crippen LogP contribution >= 0.6 is 11.3 Å². The lowest BCUT2D eigenvalue weighted by Gasteiger charge is -2.15. The SMILES string of the molecule is Cc1cc(Nc2nccs2)nc(C2CCN(c3ncccn3)C2)n1. The lowest BCUT2D eigenvalue weighted by atomic mass is 10.1. The van der Waals surface area contributed by atoms with Crippen molar-refractivity contribution in [1.29, 1.82) is 0 Å². The Bertz CT molecular complexity index is 807. The molecule has 0 saturated carbocycles. The molecule has 0 radical (unpaired) electrons. The highest BCUT2D eigenvalue weighted by Gasteiger charge is 2.28. The van der Waals surface area contributed by atoms with Crippen LogP contribution < -0.4 is 10.2 Å². The van der Waals surface area contributed by atoms with E-state index in [1.165, 1.54) is 0 Å². The number of hydrogen-bond donors (Lipinski definition) is 1. The van der Waals surface area contributed by atoms with Crippen molar-refractivity contribution >= 4 is 28.2 Å². The molecular weight excluding hydrogens is 322 g/mol. The number of aromatic nitrogens is 5. The summed E-state index contributed by atoms with van der Waals surface area (Å²) in [4.78, 5) is 24.4. The Kier molecular flexibility index (Phi) is 4.04. The van der Waals surface area contributed by atoms with Gasteiger partial charge in [-0.1, -0.05) is 0 Å². The summed E-state index contributed by atoms with van der Waals surface area (Å²) in [6, 6.07) is 3.77. The smallest absolute Gasteiger partial charge is 0.225 e. The fraction of sp³-hybridized carbons (Fsp3) is 0.312. The molecule has 1 aliphatic rings. The van der Waals surface area contributed by atoms with Crippen LogP contribution in [0.3, 0.4) is 0 Å². The first-order valence-corrected chi connectivity index (χ1v) is 8.70. The minimum absolute atomic E-state index is 0.283. The zero-order valence-electron chi connectivity index (χ0n) is 13.3. The highest BCUT2D eigenvalue weighted by Crippen LogP contribution is 2.28. The molecule has 1 unspecified atom stereocenters.